The summed E-state index contributed by atoms with van der Waals surface area (Å²) in [7, 11) is -4.01. The number of ether oxygens (including phenoxy) is 1. The molecule has 0 radical (unpaired) electrons. The van der Waals surface area contributed by atoms with Crippen LogP contribution in [0.25, 0.3) is 0 Å². The van der Waals surface area contributed by atoms with E-state index < -0.39 is 28.5 Å². The van der Waals surface area contributed by atoms with Crippen LogP contribution in [0.4, 0.5) is 5.69 Å². The van der Waals surface area contributed by atoms with Gasteiger partial charge in [-0.1, -0.05) is 46.9 Å². The van der Waals surface area contributed by atoms with Gasteiger partial charge in [0.1, 0.15) is 4.90 Å². The number of carbonyl (C=O) groups is 2. The maximum atomic E-state index is 12.3. The number of hydrogen-bond acceptors (Lipinski definition) is 5. The molecule has 0 heterocycles. The van der Waals surface area contributed by atoms with Crippen molar-refractivity contribution in [3.05, 3.63) is 57.0 Å². The van der Waals surface area contributed by atoms with Crippen molar-refractivity contribution >= 4 is 62.4 Å². The molecule has 29 heavy (non-hydrogen) atoms. The number of esters is 1. The van der Waals surface area contributed by atoms with Crippen LogP contribution in [0.15, 0.2) is 41.3 Å². The summed E-state index contributed by atoms with van der Waals surface area (Å²) >= 11 is 17.8. The number of benzene rings is 2. The average molecular weight is 480 g/mol. The van der Waals surface area contributed by atoms with Crippen LogP contribution in [0.3, 0.4) is 0 Å². The second-order valence-corrected chi connectivity index (χ2v) is 8.82. The van der Waals surface area contributed by atoms with Crippen LogP contribution in [0.5, 0.6) is 0 Å². The number of anilines is 1. The smallest absolute Gasteiger partial charge is 0.307 e. The minimum atomic E-state index is -4.01. The Morgan fingerprint density at radius 3 is 2.31 bits per heavy atom. The molecule has 156 valence electrons. The average Bonchev–Trinajstić information content (AvgIpc) is 2.62. The summed E-state index contributed by atoms with van der Waals surface area (Å²) in [5.41, 5.74) is 1.32. The van der Waals surface area contributed by atoms with Crippen molar-refractivity contribution in [3.63, 3.8) is 0 Å². The zero-order valence-corrected chi connectivity index (χ0v) is 18.3. The molecular formula is C18H17Cl3N2O5S. The summed E-state index contributed by atoms with van der Waals surface area (Å²) in [6.07, 6.45) is -0.292. The van der Waals surface area contributed by atoms with E-state index in [4.69, 9.17) is 39.5 Å². The molecule has 0 spiro atoms. The van der Waals surface area contributed by atoms with Gasteiger partial charge in [-0.3, -0.25) is 9.59 Å². The Morgan fingerprint density at radius 2 is 1.69 bits per heavy atom. The number of sulfonamides is 1. The van der Waals surface area contributed by atoms with Crippen molar-refractivity contribution in [3.8, 4) is 0 Å². The third-order valence-electron chi connectivity index (χ3n) is 3.57. The van der Waals surface area contributed by atoms with Crippen LogP contribution in [-0.2, 0) is 24.3 Å². The predicted molar refractivity (Wildman–Crippen MR) is 112 cm³/mol. The highest BCUT2D eigenvalue weighted by molar-refractivity contribution is 7.89. The second-order valence-electron chi connectivity index (χ2n) is 5.89. The van der Waals surface area contributed by atoms with Gasteiger partial charge in [0.2, 0.25) is 10.0 Å². The third-order valence-corrected chi connectivity index (χ3v) is 6.30. The van der Waals surface area contributed by atoms with Crippen molar-refractivity contribution in [1.82, 2.24) is 4.72 Å². The Labute approximate surface area is 183 Å². The van der Waals surface area contributed by atoms with Crippen LogP contribution < -0.4 is 10.0 Å². The van der Waals surface area contributed by atoms with Gasteiger partial charge in [0, 0.05) is 6.54 Å². The minimum Gasteiger partial charge on any atom is -0.456 e. The third kappa shape index (κ3) is 6.87. The monoisotopic (exact) mass is 478 g/mol. The molecule has 0 unspecified atom stereocenters. The quantitative estimate of drug-likeness (QED) is 0.561. The van der Waals surface area contributed by atoms with E-state index in [-0.39, 0.29) is 27.9 Å². The molecular weight excluding hydrogens is 463 g/mol. The van der Waals surface area contributed by atoms with E-state index in [9.17, 15) is 18.0 Å². The highest BCUT2D eigenvalue weighted by Gasteiger charge is 2.21. The molecule has 2 rings (SSSR count). The fourth-order valence-corrected chi connectivity index (χ4v) is 4.68. The molecule has 2 aromatic rings. The molecule has 0 aliphatic heterocycles. The molecule has 0 aliphatic rings. The first kappa shape index (κ1) is 23.4. The first-order valence-electron chi connectivity index (χ1n) is 8.25. The standard InChI is InChI=1S/C18H17Cl3N2O5S/c1-11-5-6-15(14(21)9-11)23-16(24)10-28-17(25)7-8-22-29(26,27)18-12(19)3-2-4-13(18)20/h2-6,9,22H,7-8,10H2,1H3,(H,23,24). The van der Waals surface area contributed by atoms with Gasteiger partial charge in [0.05, 0.1) is 27.2 Å². The first-order valence-corrected chi connectivity index (χ1v) is 10.9. The van der Waals surface area contributed by atoms with Gasteiger partial charge in [-0.15, -0.1) is 0 Å². The lowest BCUT2D eigenvalue weighted by Gasteiger charge is -2.10. The predicted octanol–water partition coefficient (Wildman–Crippen LogP) is 3.81. The lowest BCUT2D eigenvalue weighted by Crippen LogP contribution is -2.28. The fourth-order valence-electron chi connectivity index (χ4n) is 2.22. The Hall–Kier alpha value is -1.84. The lowest BCUT2D eigenvalue weighted by atomic mass is 10.2. The molecule has 0 aromatic heterocycles. The second kappa shape index (κ2) is 10.3. The first-order chi connectivity index (χ1) is 13.6. The summed E-state index contributed by atoms with van der Waals surface area (Å²) in [6, 6.07) is 9.36. The zero-order valence-electron chi connectivity index (χ0n) is 15.2. The Morgan fingerprint density at radius 1 is 1.03 bits per heavy atom. The largest absolute Gasteiger partial charge is 0.456 e. The number of halogens is 3. The summed E-state index contributed by atoms with van der Waals surface area (Å²) in [4.78, 5) is 23.3. The van der Waals surface area contributed by atoms with E-state index in [0.29, 0.717) is 10.7 Å². The van der Waals surface area contributed by atoms with Crippen molar-refractivity contribution in [1.29, 1.82) is 0 Å². The number of hydrogen-bond donors (Lipinski definition) is 2. The van der Waals surface area contributed by atoms with Gasteiger partial charge in [-0.25, -0.2) is 13.1 Å². The SMILES string of the molecule is Cc1ccc(NC(=O)COC(=O)CCNS(=O)(=O)c2c(Cl)cccc2Cl)c(Cl)c1. The summed E-state index contributed by atoms with van der Waals surface area (Å²) in [6.45, 7) is 1.06. The van der Waals surface area contributed by atoms with Crippen LogP contribution in [0, 0.1) is 6.92 Å². The number of nitrogens with one attached hydrogen (secondary N) is 2. The Balaban J connectivity index is 1.80. The zero-order chi connectivity index (χ0) is 21.6. The molecule has 2 N–H and O–H groups in total. The number of amides is 1. The van der Waals surface area contributed by atoms with Crippen LogP contribution in [0.2, 0.25) is 15.1 Å². The lowest BCUT2D eigenvalue weighted by molar-refractivity contribution is -0.147. The van der Waals surface area contributed by atoms with E-state index in [0.717, 1.165) is 5.56 Å². The van der Waals surface area contributed by atoms with Gasteiger partial charge >= 0.3 is 5.97 Å². The van der Waals surface area contributed by atoms with E-state index in [2.05, 4.69) is 10.0 Å². The van der Waals surface area contributed by atoms with Crippen molar-refractivity contribution in [2.75, 3.05) is 18.5 Å². The normalized spacial score (nSPS) is 11.2. The molecule has 0 aliphatic carbocycles. The highest BCUT2D eigenvalue weighted by Crippen LogP contribution is 2.28. The van der Waals surface area contributed by atoms with Crippen LogP contribution in [-0.4, -0.2) is 33.4 Å². The van der Waals surface area contributed by atoms with Gasteiger partial charge in [0.25, 0.3) is 5.91 Å². The Bertz CT molecular complexity index is 1010. The molecule has 11 heteroatoms. The van der Waals surface area contributed by atoms with Gasteiger partial charge in [-0.2, -0.15) is 0 Å². The summed E-state index contributed by atoms with van der Waals surface area (Å²) in [5, 5.41) is 2.79. The van der Waals surface area contributed by atoms with Crippen LogP contribution in [0.1, 0.15) is 12.0 Å². The van der Waals surface area contributed by atoms with E-state index in [1.165, 1.54) is 18.2 Å². The molecule has 0 atom stereocenters. The molecule has 0 saturated heterocycles. The fraction of sp³-hybridized carbons (Fsp3) is 0.222. The van der Waals surface area contributed by atoms with E-state index in [1.54, 1.807) is 18.2 Å². The molecule has 0 fully saturated rings. The molecule has 7 nitrogen and oxygen atoms in total. The van der Waals surface area contributed by atoms with E-state index in [1.807, 2.05) is 6.92 Å². The molecule has 0 saturated carbocycles. The maximum absolute atomic E-state index is 12.3. The van der Waals surface area contributed by atoms with Gasteiger partial charge in [-0.05, 0) is 36.8 Å². The minimum absolute atomic E-state index is 0.0426. The van der Waals surface area contributed by atoms with Crippen molar-refractivity contribution < 1.29 is 22.7 Å². The van der Waals surface area contributed by atoms with Gasteiger partial charge in [0.15, 0.2) is 6.61 Å². The topological polar surface area (TPSA) is 102 Å². The maximum Gasteiger partial charge on any atom is 0.307 e. The van der Waals surface area contributed by atoms with Crippen LogP contribution >= 0.6 is 34.8 Å². The van der Waals surface area contributed by atoms with Crippen molar-refractivity contribution in [2.24, 2.45) is 0 Å². The molecule has 0 bridgehead atoms. The van der Waals surface area contributed by atoms with Crippen molar-refractivity contribution in [2.45, 2.75) is 18.2 Å². The Kier molecular flexibility index (Phi) is 8.30. The number of carbonyl (C=O) groups excluding carboxylic acids is 2. The number of rotatable bonds is 8. The molecule has 1 amide bonds. The van der Waals surface area contributed by atoms with E-state index >= 15 is 0 Å². The van der Waals surface area contributed by atoms with Gasteiger partial charge < -0.3 is 10.1 Å². The number of aryl methyl sites for hydroxylation is 1. The highest BCUT2D eigenvalue weighted by atomic mass is 35.5. The summed E-state index contributed by atoms with van der Waals surface area (Å²) < 4.78 is 31.6. The molecule has 2 aromatic carbocycles. The summed E-state index contributed by atoms with van der Waals surface area (Å²) in [5.74, 6) is -1.34.